The van der Waals surface area contributed by atoms with Crippen molar-refractivity contribution in [3.8, 4) is 0 Å². The van der Waals surface area contributed by atoms with Crippen LogP contribution in [0.4, 0.5) is 5.69 Å². The van der Waals surface area contributed by atoms with Crippen LogP contribution in [0.15, 0.2) is 83.8 Å². The van der Waals surface area contributed by atoms with Crippen LogP contribution in [0, 0.1) is 10.1 Å². The van der Waals surface area contributed by atoms with Crippen LogP contribution in [0.1, 0.15) is 27.5 Å². The van der Waals surface area contributed by atoms with Gasteiger partial charge >= 0.3 is 0 Å². The summed E-state index contributed by atoms with van der Waals surface area (Å²) in [6.45, 7) is 0. The van der Waals surface area contributed by atoms with Crippen molar-refractivity contribution in [2.75, 3.05) is 0 Å². The number of sulfonamides is 1. The van der Waals surface area contributed by atoms with Crippen molar-refractivity contribution in [1.29, 1.82) is 0 Å². The Bertz CT molecular complexity index is 1170. The third-order valence-corrected chi connectivity index (χ3v) is 6.40. The molecule has 3 aromatic carbocycles. The second-order valence-corrected chi connectivity index (χ2v) is 8.07. The summed E-state index contributed by atoms with van der Waals surface area (Å²) in [6, 6.07) is 19.4. The summed E-state index contributed by atoms with van der Waals surface area (Å²) in [6.07, 6.45) is 0. The maximum Gasteiger partial charge on any atom is 0.269 e. The van der Waals surface area contributed by atoms with E-state index in [9.17, 15) is 23.3 Å². The summed E-state index contributed by atoms with van der Waals surface area (Å²) < 4.78 is 27.5. The standard InChI is InChI=1S/C20H14N2O5S/c23-20-18-9-5-4-8-17(18)19(14-6-2-1-3-7-14)21(20)28(26,27)16-12-10-15(11-13-16)22(24)25/h1-13,19H/t19-/m0/s1. The van der Waals surface area contributed by atoms with Crippen LogP contribution in [-0.4, -0.2) is 23.6 Å². The van der Waals surface area contributed by atoms with Crippen molar-refractivity contribution in [3.63, 3.8) is 0 Å². The lowest BCUT2D eigenvalue weighted by atomic mass is 9.99. The van der Waals surface area contributed by atoms with E-state index in [0.717, 1.165) is 28.6 Å². The monoisotopic (exact) mass is 394 g/mol. The number of hydrogen-bond donors (Lipinski definition) is 0. The molecule has 3 aromatic rings. The van der Waals surface area contributed by atoms with E-state index in [1.54, 1.807) is 54.6 Å². The highest BCUT2D eigenvalue weighted by Crippen LogP contribution is 2.41. The fourth-order valence-corrected chi connectivity index (χ4v) is 4.88. The molecular weight excluding hydrogens is 380 g/mol. The molecule has 0 bridgehead atoms. The lowest BCUT2D eigenvalue weighted by Crippen LogP contribution is -2.35. The van der Waals surface area contributed by atoms with Gasteiger partial charge in [-0.25, -0.2) is 12.7 Å². The summed E-state index contributed by atoms with van der Waals surface area (Å²) in [7, 11) is -4.23. The molecular formula is C20H14N2O5S. The molecule has 0 N–H and O–H groups in total. The van der Waals surface area contributed by atoms with Gasteiger partial charge in [-0.15, -0.1) is 0 Å². The van der Waals surface area contributed by atoms with E-state index < -0.39 is 26.9 Å². The Kier molecular flexibility index (Phi) is 4.20. The van der Waals surface area contributed by atoms with Crippen LogP contribution < -0.4 is 0 Å². The molecule has 7 nitrogen and oxygen atoms in total. The molecule has 0 unspecified atom stereocenters. The predicted octanol–water partition coefficient (Wildman–Crippen LogP) is 3.53. The van der Waals surface area contributed by atoms with Crippen LogP contribution >= 0.6 is 0 Å². The zero-order valence-corrected chi connectivity index (χ0v) is 15.2. The Hall–Kier alpha value is -3.52. The van der Waals surface area contributed by atoms with Gasteiger partial charge in [0.1, 0.15) is 0 Å². The first kappa shape index (κ1) is 17.9. The second kappa shape index (κ2) is 6.58. The van der Waals surface area contributed by atoms with Gasteiger partial charge in [0.05, 0.1) is 15.9 Å². The van der Waals surface area contributed by atoms with Gasteiger partial charge in [0.25, 0.3) is 21.6 Å². The zero-order valence-electron chi connectivity index (χ0n) is 14.4. The number of nitro benzene ring substituents is 1. The molecule has 1 heterocycles. The summed E-state index contributed by atoms with van der Waals surface area (Å²) in [4.78, 5) is 23.1. The van der Waals surface area contributed by atoms with E-state index in [0.29, 0.717) is 16.7 Å². The van der Waals surface area contributed by atoms with Crippen molar-refractivity contribution in [1.82, 2.24) is 4.31 Å². The number of nitro groups is 1. The SMILES string of the molecule is O=C1c2ccccc2[C@H](c2ccccc2)N1S(=O)(=O)c1ccc([N+](=O)[O-])cc1. The van der Waals surface area contributed by atoms with Crippen molar-refractivity contribution < 1.29 is 18.1 Å². The number of carbonyl (C=O) groups is 1. The molecule has 140 valence electrons. The molecule has 1 atom stereocenters. The van der Waals surface area contributed by atoms with E-state index in [-0.39, 0.29) is 10.6 Å². The molecule has 0 fully saturated rings. The molecule has 0 saturated carbocycles. The van der Waals surface area contributed by atoms with Gasteiger partial charge in [0.2, 0.25) is 0 Å². The van der Waals surface area contributed by atoms with Crippen LogP contribution in [0.5, 0.6) is 0 Å². The van der Waals surface area contributed by atoms with Crippen molar-refractivity contribution >= 4 is 21.6 Å². The molecule has 4 rings (SSSR count). The summed E-state index contributed by atoms with van der Waals surface area (Å²) in [5.41, 5.74) is 1.35. The van der Waals surface area contributed by atoms with Gasteiger partial charge in [-0.05, 0) is 29.3 Å². The first-order chi connectivity index (χ1) is 13.4. The van der Waals surface area contributed by atoms with Crippen molar-refractivity contribution in [2.24, 2.45) is 0 Å². The summed E-state index contributed by atoms with van der Waals surface area (Å²) in [5.74, 6) is -0.622. The molecule has 0 saturated heterocycles. The lowest BCUT2D eigenvalue weighted by Gasteiger charge is -2.25. The van der Waals surface area contributed by atoms with E-state index in [4.69, 9.17) is 0 Å². The quantitative estimate of drug-likeness (QED) is 0.498. The van der Waals surface area contributed by atoms with Crippen LogP contribution in [0.2, 0.25) is 0 Å². The molecule has 0 aromatic heterocycles. The van der Waals surface area contributed by atoms with Crippen LogP contribution in [-0.2, 0) is 10.0 Å². The van der Waals surface area contributed by atoms with Crippen molar-refractivity contribution in [3.05, 3.63) is 106 Å². The molecule has 0 radical (unpaired) electrons. The Labute approximate surface area is 161 Å². The maximum absolute atomic E-state index is 13.3. The summed E-state index contributed by atoms with van der Waals surface area (Å²) in [5, 5.41) is 10.8. The first-order valence-corrected chi connectivity index (χ1v) is 9.82. The fraction of sp³-hybridized carbons (Fsp3) is 0.0500. The molecule has 0 spiro atoms. The molecule has 28 heavy (non-hydrogen) atoms. The van der Waals surface area contributed by atoms with Gasteiger partial charge in [-0.3, -0.25) is 14.9 Å². The fourth-order valence-electron chi connectivity index (χ4n) is 3.34. The average Bonchev–Trinajstić information content (AvgIpc) is 3.02. The molecule has 1 amide bonds. The smallest absolute Gasteiger partial charge is 0.268 e. The normalized spacial score (nSPS) is 16.1. The minimum absolute atomic E-state index is 0.180. The van der Waals surface area contributed by atoms with Gasteiger partial charge < -0.3 is 0 Å². The first-order valence-electron chi connectivity index (χ1n) is 8.38. The molecule has 0 aliphatic carbocycles. The Balaban J connectivity index is 1.87. The van der Waals surface area contributed by atoms with E-state index in [1.165, 1.54) is 0 Å². The van der Waals surface area contributed by atoms with E-state index >= 15 is 0 Å². The molecule has 8 heteroatoms. The van der Waals surface area contributed by atoms with Crippen molar-refractivity contribution in [2.45, 2.75) is 10.9 Å². The minimum atomic E-state index is -4.23. The van der Waals surface area contributed by atoms with E-state index in [1.807, 2.05) is 0 Å². The third kappa shape index (κ3) is 2.74. The third-order valence-electron chi connectivity index (χ3n) is 4.64. The second-order valence-electron chi connectivity index (χ2n) is 6.26. The highest BCUT2D eigenvalue weighted by Gasteiger charge is 2.45. The zero-order chi connectivity index (χ0) is 19.9. The number of benzene rings is 3. The number of nitrogens with zero attached hydrogens (tertiary/aromatic N) is 2. The maximum atomic E-state index is 13.3. The topological polar surface area (TPSA) is 97.6 Å². The predicted molar refractivity (Wildman–Crippen MR) is 101 cm³/mol. The number of hydrogen-bond acceptors (Lipinski definition) is 5. The number of non-ortho nitro benzene ring substituents is 1. The van der Waals surface area contributed by atoms with Gasteiger partial charge in [-0.1, -0.05) is 48.5 Å². The van der Waals surface area contributed by atoms with Crippen LogP contribution in [0.25, 0.3) is 0 Å². The Morgan fingerprint density at radius 1 is 0.857 bits per heavy atom. The highest BCUT2D eigenvalue weighted by atomic mass is 32.2. The Morgan fingerprint density at radius 2 is 1.46 bits per heavy atom. The highest BCUT2D eigenvalue weighted by molar-refractivity contribution is 7.89. The van der Waals surface area contributed by atoms with Crippen LogP contribution in [0.3, 0.4) is 0 Å². The van der Waals surface area contributed by atoms with E-state index in [2.05, 4.69) is 0 Å². The van der Waals surface area contributed by atoms with Gasteiger partial charge in [0, 0.05) is 17.7 Å². The minimum Gasteiger partial charge on any atom is -0.268 e. The Morgan fingerprint density at radius 3 is 2.11 bits per heavy atom. The molecule has 1 aliphatic rings. The summed E-state index contributed by atoms with van der Waals surface area (Å²) >= 11 is 0. The largest absolute Gasteiger partial charge is 0.269 e. The number of carbonyl (C=O) groups excluding carboxylic acids is 1. The molecule has 1 aliphatic heterocycles. The van der Waals surface area contributed by atoms with Gasteiger partial charge in [0.15, 0.2) is 0 Å². The average molecular weight is 394 g/mol. The number of amides is 1. The number of fused-ring (bicyclic) bond motifs is 1. The lowest BCUT2D eigenvalue weighted by molar-refractivity contribution is -0.384. The van der Waals surface area contributed by atoms with Gasteiger partial charge in [-0.2, -0.15) is 0 Å². The number of rotatable bonds is 4.